The normalized spacial score (nSPS) is 12.6. The van der Waals surface area contributed by atoms with Crippen molar-refractivity contribution in [1.82, 2.24) is 0 Å². The van der Waals surface area contributed by atoms with Gasteiger partial charge in [0.1, 0.15) is 6.20 Å². The minimum absolute atomic E-state index is 1.03. The molecule has 0 aliphatic carbocycles. The van der Waals surface area contributed by atoms with Crippen molar-refractivity contribution in [2.45, 2.75) is 6.32 Å². The molecule has 3 rings (SSSR count). The Balaban J connectivity index is 2.29. The average Bonchev–Trinajstić information content (AvgIpc) is 2.29. The number of aromatic nitrogens is 1. The van der Waals surface area contributed by atoms with Crippen LogP contribution in [-0.2, 0) is 6.32 Å². The highest BCUT2D eigenvalue weighted by Crippen LogP contribution is 2.22. The van der Waals surface area contributed by atoms with Crippen LogP contribution in [0.5, 0.6) is 0 Å². The van der Waals surface area contributed by atoms with Gasteiger partial charge in [-0.1, -0.05) is 18.2 Å². The number of nitrogens with zero attached hydrogens (tertiary/aromatic N) is 1. The van der Waals surface area contributed by atoms with E-state index < -0.39 is 0 Å². The zero-order valence-corrected chi connectivity index (χ0v) is 7.85. The number of pyridine rings is 1. The van der Waals surface area contributed by atoms with Gasteiger partial charge in [0.2, 0.25) is 0 Å². The Bertz CT molecular complexity index is 434. The Morgan fingerprint density at radius 1 is 1.00 bits per heavy atom. The van der Waals surface area contributed by atoms with Crippen molar-refractivity contribution >= 4 is 7.41 Å². The summed E-state index contributed by atoms with van der Waals surface area (Å²) < 4.78 is 2.20. The number of hydrogen-bond acceptors (Lipinski definition) is 0. The molecular formula is C12H10BN+. The zero-order chi connectivity index (χ0) is 9.38. The lowest BCUT2D eigenvalue weighted by atomic mass is 9.77. The minimum atomic E-state index is 1.03. The molecule has 2 aromatic rings. The Morgan fingerprint density at radius 2 is 1.86 bits per heavy atom. The lowest BCUT2D eigenvalue weighted by Gasteiger charge is -2.12. The fourth-order valence-electron chi connectivity index (χ4n) is 1.99. The molecule has 65 valence electrons. The van der Waals surface area contributed by atoms with Crippen molar-refractivity contribution in [3.8, 4) is 11.3 Å². The minimum Gasteiger partial charge on any atom is -0.284 e. The smallest absolute Gasteiger partial charge is 0.284 e. The summed E-state index contributed by atoms with van der Waals surface area (Å²) in [5.74, 6) is 0. The molecule has 0 unspecified atom stereocenters. The molecule has 1 aromatic carbocycles. The molecule has 0 fully saturated rings. The quantitative estimate of drug-likeness (QED) is 0.541. The molecule has 14 heavy (non-hydrogen) atoms. The van der Waals surface area contributed by atoms with Crippen LogP contribution in [0.15, 0.2) is 48.7 Å². The van der Waals surface area contributed by atoms with Crippen molar-refractivity contribution in [2.24, 2.45) is 0 Å². The van der Waals surface area contributed by atoms with E-state index in [2.05, 4.69) is 60.6 Å². The summed E-state index contributed by atoms with van der Waals surface area (Å²) in [4.78, 5) is 0. The van der Waals surface area contributed by atoms with Gasteiger partial charge in [-0.2, -0.15) is 0 Å². The van der Waals surface area contributed by atoms with Gasteiger partial charge in [-0.05, 0) is 23.8 Å². The van der Waals surface area contributed by atoms with Gasteiger partial charge in [-0.15, -0.1) is 0 Å². The molecule has 2 heteroatoms. The van der Waals surface area contributed by atoms with E-state index in [4.69, 9.17) is 0 Å². The van der Waals surface area contributed by atoms with Crippen LogP contribution in [0.4, 0.5) is 0 Å². The molecule has 0 amide bonds. The molecule has 0 bridgehead atoms. The monoisotopic (exact) mass is 179 g/mol. The molecule has 0 spiro atoms. The van der Waals surface area contributed by atoms with E-state index in [1.54, 1.807) is 0 Å². The zero-order valence-electron chi connectivity index (χ0n) is 7.85. The van der Waals surface area contributed by atoms with Gasteiger partial charge >= 0.3 is 7.41 Å². The maximum Gasteiger partial charge on any atom is 0.544 e. The summed E-state index contributed by atoms with van der Waals surface area (Å²) in [7, 11) is 2.22. The third-order valence-electron chi connectivity index (χ3n) is 2.69. The van der Waals surface area contributed by atoms with Crippen LogP contribution in [0.3, 0.4) is 0 Å². The summed E-state index contributed by atoms with van der Waals surface area (Å²) in [6.45, 7) is 0. The van der Waals surface area contributed by atoms with Crippen molar-refractivity contribution in [3.63, 3.8) is 0 Å². The van der Waals surface area contributed by atoms with Crippen LogP contribution in [0.1, 0.15) is 5.56 Å². The summed E-state index contributed by atoms with van der Waals surface area (Å²) in [6.07, 6.45) is 3.13. The van der Waals surface area contributed by atoms with Crippen molar-refractivity contribution in [3.05, 3.63) is 54.2 Å². The molecule has 1 aliphatic rings. The van der Waals surface area contributed by atoms with E-state index in [0.717, 1.165) is 6.32 Å². The Hall–Kier alpha value is -1.57. The maximum absolute atomic E-state index is 2.22. The molecule has 1 radical (unpaired) electrons. The second-order valence-electron chi connectivity index (χ2n) is 3.54. The first-order valence-corrected chi connectivity index (χ1v) is 4.87. The Morgan fingerprint density at radius 3 is 2.86 bits per heavy atom. The van der Waals surface area contributed by atoms with Gasteiger partial charge in [-0.3, -0.25) is 4.48 Å². The van der Waals surface area contributed by atoms with Crippen LogP contribution in [0.25, 0.3) is 11.3 Å². The van der Waals surface area contributed by atoms with E-state index in [-0.39, 0.29) is 0 Å². The topological polar surface area (TPSA) is 3.88 Å². The van der Waals surface area contributed by atoms with Crippen LogP contribution in [0.2, 0.25) is 0 Å². The molecule has 0 N–H and O–H groups in total. The molecule has 0 saturated heterocycles. The summed E-state index contributed by atoms with van der Waals surface area (Å²) >= 11 is 0. The molecule has 1 aliphatic heterocycles. The van der Waals surface area contributed by atoms with Gasteiger partial charge in [0.15, 0.2) is 5.69 Å². The van der Waals surface area contributed by atoms with E-state index >= 15 is 0 Å². The third kappa shape index (κ3) is 1.07. The molecule has 0 atom stereocenters. The standard InChI is InChI=1S/C12H10BN/c1-2-6-11-10(5-1)9-13-14-8-4-3-7-12(11)14/h1-8H,9H2/q+1. The molecule has 0 saturated carbocycles. The summed E-state index contributed by atoms with van der Waals surface area (Å²) in [5, 5.41) is 0. The summed E-state index contributed by atoms with van der Waals surface area (Å²) in [5.41, 5.74) is 4.06. The highest BCUT2D eigenvalue weighted by atomic mass is 14.9. The first-order chi connectivity index (χ1) is 6.95. The maximum atomic E-state index is 2.22. The highest BCUT2D eigenvalue weighted by Gasteiger charge is 2.23. The van der Waals surface area contributed by atoms with Gasteiger partial charge in [0.05, 0.1) is 0 Å². The van der Waals surface area contributed by atoms with Crippen molar-refractivity contribution in [2.75, 3.05) is 0 Å². The van der Waals surface area contributed by atoms with E-state index in [1.807, 2.05) is 0 Å². The van der Waals surface area contributed by atoms with E-state index in [9.17, 15) is 0 Å². The predicted molar refractivity (Wildman–Crippen MR) is 56.9 cm³/mol. The Labute approximate surface area is 84.3 Å². The van der Waals surface area contributed by atoms with Gasteiger partial charge in [0, 0.05) is 17.9 Å². The SMILES string of the molecule is [B]1Cc2ccccc2-c2cccc[n+]21. The molecule has 1 nitrogen and oxygen atoms in total. The number of rotatable bonds is 0. The second-order valence-corrected chi connectivity index (χ2v) is 3.54. The summed E-state index contributed by atoms with van der Waals surface area (Å²) in [6, 6.07) is 14.9. The fourth-order valence-corrected chi connectivity index (χ4v) is 1.99. The van der Waals surface area contributed by atoms with Crippen LogP contribution < -0.4 is 4.48 Å². The van der Waals surface area contributed by atoms with Crippen LogP contribution >= 0.6 is 0 Å². The van der Waals surface area contributed by atoms with E-state index in [1.165, 1.54) is 16.8 Å². The second kappa shape index (κ2) is 2.98. The largest absolute Gasteiger partial charge is 0.544 e. The van der Waals surface area contributed by atoms with Gasteiger partial charge in [-0.25, -0.2) is 0 Å². The average molecular weight is 179 g/mol. The van der Waals surface area contributed by atoms with Gasteiger partial charge in [0.25, 0.3) is 0 Å². The first kappa shape index (κ1) is 7.80. The lowest BCUT2D eigenvalue weighted by Crippen LogP contribution is -2.45. The lowest BCUT2D eigenvalue weighted by molar-refractivity contribution is -0.519. The first-order valence-electron chi connectivity index (χ1n) is 4.87. The fraction of sp³-hybridized carbons (Fsp3) is 0.0833. The van der Waals surface area contributed by atoms with Crippen molar-refractivity contribution in [1.29, 1.82) is 0 Å². The number of hydrogen-bond donors (Lipinski definition) is 0. The van der Waals surface area contributed by atoms with Crippen molar-refractivity contribution < 1.29 is 4.48 Å². The molecular weight excluding hydrogens is 169 g/mol. The third-order valence-corrected chi connectivity index (χ3v) is 2.69. The molecule has 2 heterocycles. The van der Waals surface area contributed by atoms with Crippen LogP contribution in [0, 0.1) is 0 Å². The van der Waals surface area contributed by atoms with E-state index in [0.29, 0.717) is 0 Å². The molecule has 1 aromatic heterocycles. The number of benzene rings is 1. The van der Waals surface area contributed by atoms with Gasteiger partial charge < -0.3 is 0 Å². The highest BCUT2D eigenvalue weighted by molar-refractivity contribution is 6.25. The number of fused-ring (bicyclic) bond motifs is 3. The predicted octanol–water partition coefficient (Wildman–Crippen LogP) is 1.62. The van der Waals surface area contributed by atoms with Crippen LogP contribution in [-0.4, -0.2) is 7.41 Å². The Kier molecular flexibility index (Phi) is 1.66.